The molecule has 130 valence electrons. The van der Waals surface area contributed by atoms with E-state index in [9.17, 15) is 19.6 Å². The molecule has 4 N–H and O–H groups in total. The molecule has 9 nitrogen and oxygen atoms in total. The molecule has 1 atom stereocenters. The van der Waals surface area contributed by atoms with Crippen molar-refractivity contribution in [3.8, 4) is 11.9 Å². The number of nitriles is 1. The zero-order valence-corrected chi connectivity index (χ0v) is 13.6. The highest BCUT2D eigenvalue weighted by molar-refractivity contribution is 6.14. The number of carbonyl (C=O) groups is 1. The molecular weight excluding hydrogens is 338 g/mol. The molecule has 0 saturated heterocycles. The summed E-state index contributed by atoms with van der Waals surface area (Å²) in [4.78, 5) is 43.7. The van der Waals surface area contributed by atoms with Crippen molar-refractivity contribution in [3.63, 3.8) is 0 Å². The van der Waals surface area contributed by atoms with Crippen LogP contribution in [0, 0.1) is 11.3 Å². The van der Waals surface area contributed by atoms with Crippen LogP contribution < -0.4 is 26.6 Å². The Morgan fingerprint density at radius 2 is 2.00 bits per heavy atom. The van der Waals surface area contributed by atoms with Gasteiger partial charge in [-0.05, 0) is 13.0 Å². The number of anilines is 1. The number of amides is 1. The van der Waals surface area contributed by atoms with Crippen molar-refractivity contribution >= 4 is 11.6 Å². The fourth-order valence-corrected chi connectivity index (χ4v) is 3.74. The molecule has 0 aliphatic carbocycles. The molecule has 1 aromatic carbocycles. The maximum atomic E-state index is 13.5. The molecule has 9 heteroatoms. The van der Waals surface area contributed by atoms with E-state index in [1.807, 2.05) is 6.07 Å². The van der Waals surface area contributed by atoms with Gasteiger partial charge in [0.1, 0.15) is 17.2 Å². The van der Waals surface area contributed by atoms with Gasteiger partial charge in [-0.2, -0.15) is 5.26 Å². The third-order valence-corrected chi connectivity index (χ3v) is 4.71. The summed E-state index contributed by atoms with van der Waals surface area (Å²) in [6.45, 7) is 2.11. The van der Waals surface area contributed by atoms with E-state index < -0.39 is 22.6 Å². The highest BCUT2D eigenvalue weighted by atomic mass is 16.5. The molecule has 0 fully saturated rings. The highest BCUT2D eigenvalue weighted by Gasteiger charge is 2.60. The number of hydrogen-bond acceptors (Lipinski definition) is 6. The van der Waals surface area contributed by atoms with E-state index >= 15 is 0 Å². The Balaban J connectivity index is 2.24. The number of carbonyl (C=O) groups excluding carboxylic acids is 1. The highest BCUT2D eigenvalue weighted by Crippen LogP contribution is 2.53. The first kappa shape index (κ1) is 15.7. The maximum absolute atomic E-state index is 13.5. The lowest BCUT2D eigenvalue weighted by atomic mass is 9.69. The second kappa shape index (κ2) is 5.10. The molecule has 0 saturated carbocycles. The van der Waals surface area contributed by atoms with Crippen molar-refractivity contribution in [2.75, 3.05) is 11.4 Å². The zero-order valence-electron chi connectivity index (χ0n) is 13.6. The quantitative estimate of drug-likeness (QED) is 0.649. The van der Waals surface area contributed by atoms with Gasteiger partial charge in [-0.1, -0.05) is 18.2 Å². The van der Waals surface area contributed by atoms with Gasteiger partial charge in [0.25, 0.3) is 5.56 Å². The van der Waals surface area contributed by atoms with Crippen LogP contribution in [0.15, 0.2) is 45.3 Å². The smallest absolute Gasteiger partial charge is 0.328 e. The summed E-state index contributed by atoms with van der Waals surface area (Å²) in [7, 11) is 0. The number of benzene rings is 1. The van der Waals surface area contributed by atoms with Crippen molar-refractivity contribution in [2.24, 2.45) is 5.73 Å². The van der Waals surface area contributed by atoms with E-state index in [1.54, 1.807) is 31.2 Å². The first-order chi connectivity index (χ1) is 12.5. The number of H-pyrrole nitrogens is 2. The third kappa shape index (κ3) is 1.65. The Morgan fingerprint density at radius 3 is 2.69 bits per heavy atom. The number of ether oxygens (including phenoxy) is 1. The second-order valence-electron chi connectivity index (χ2n) is 5.88. The molecule has 26 heavy (non-hydrogen) atoms. The minimum atomic E-state index is -1.77. The standard InChI is InChI=1S/C17H13N5O4/c1-2-22-10-6-4-3-5-8(10)17(15(22)24)9(7-18)12(19)26-14-11(17)13(23)20-16(25)21-14/h3-6H,2,19H2,1H3,(H2,20,21,23,25)/t17-/m1/s1. The Labute approximate surface area is 146 Å². The van der Waals surface area contributed by atoms with Gasteiger partial charge in [-0.25, -0.2) is 4.79 Å². The maximum Gasteiger partial charge on any atom is 0.328 e. The number of aromatic nitrogens is 2. The first-order valence-corrected chi connectivity index (χ1v) is 7.83. The topological polar surface area (TPSA) is 145 Å². The van der Waals surface area contributed by atoms with Crippen molar-refractivity contribution in [1.29, 1.82) is 5.26 Å². The number of likely N-dealkylation sites (N-methyl/N-ethyl adjacent to an activating group) is 1. The molecule has 4 rings (SSSR count). The van der Waals surface area contributed by atoms with Gasteiger partial charge in [-0.15, -0.1) is 0 Å². The van der Waals surface area contributed by atoms with Gasteiger partial charge < -0.3 is 15.4 Å². The SMILES string of the molecule is CCN1C(=O)[C@@]2(C(C#N)=C(N)Oc3[nH]c(=O)[nH]c(=O)c32)c2ccccc21. The number of fused-ring (bicyclic) bond motifs is 4. The number of nitrogens with two attached hydrogens (primary N) is 1. The van der Waals surface area contributed by atoms with Crippen LogP contribution >= 0.6 is 0 Å². The first-order valence-electron chi connectivity index (χ1n) is 7.83. The summed E-state index contributed by atoms with van der Waals surface area (Å²) in [5.41, 5.74) is 3.18. The molecule has 1 spiro atoms. The van der Waals surface area contributed by atoms with Gasteiger partial charge in [0.2, 0.25) is 17.7 Å². The fourth-order valence-electron chi connectivity index (χ4n) is 3.74. The van der Waals surface area contributed by atoms with Crippen LogP contribution in [-0.4, -0.2) is 22.4 Å². The molecule has 3 heterocycles. The molecule has 0 bridgehead atoms. The number of rotatable bonds is 1. The van der Waals surface area contributed by atoms with Crippen LogP contribution in [0.2, 0.25) is 0 Å². The van der Waals surface area contributed by atoms with Crippen LogP contribution in [0.4, 0.5) is 5.69 Å². The van der Waals surface area contributed by atoms with Crippen molar-refractivity contribution in [2.45, 2.75) is 12.3 Å². The minimum Gasteiger partial charge on any atom is -0.423 e. The predicted molar refractivity (Wildman–Crippen MR) is 90.4 cm³/mol. The van der Waals surface area contributed by atoms with Crippen molar-refractivity contribution < 1.29 is 9.53 Å². The van der Waals surface area contributed by atoms with Gasteiger partial charge in [0, 0.05) is 17.8 Å². The van der Waals surface area contributed by atoms with Crippen molar-refractivity contribution in [3.05, 3.63) is 67.7 Å². The largest absolute Gasteiger partial charge is 0.423 e. The van der Waals surface area contributed by atoms with Gasteiger partial charge in [-0.3, -0.25) is 19.6 Å². The molecule has 2 aromatic rings. The van der Waals surface area contributed by atoms with Crippen LogP contribution in [0.25, 0.3) is 0 Å². The average Bonchev–Trinajstić information content (AvgIpc) is 2.84. The van der Waals surface area contributed by atoms with E-state index in [0.29, 0.717) is 17.8 Å². The van der Waals surface area contributed by atoms with Gasteiger partial charge >= 0.3 is 5.69 Å². The number of para-hydroxylation sites is 1. The number of aromatic amines is 2. The lowest BCUT2D eigenvalue weighted by Gasteiger charge is -2.32. The molecule has 1 aromatic heterocycles. The molecule has 0 unspecified atom stereocenters. The summed E-state index contributed by atoms with van der Waals surface area (Å²) in [6.07, 6.45) is 0. The van der Waals surface area contributed by atoms with Crippen LogP contribution in [0.3, 0.4) is 0 Å². The number of hydrogen-bond donors (Lipinski definition) is 3. The molecule has 0 radical (unpaired) electrons. The lowest BCUT2D eigenvalue weighted by molar-refractivity contribution is -0.121. The summed E-state index contributed by atoms with van der Waals surface area (Å²) < 4.78 is 5.30. The fraction of sp³-hybridized carbons (Fsp3) is 0.176. The van der Waals surface area contributed by atoms with E-state index in [0.717, 1.165) is 0 Å². The zero-order chi connectivity index (χ0) is 18.6. The molecule has 1 amide bonds. The summed E-state index contributed by atoms with van der Waals surface area (Å²) in [5, 5.41) is 9.74. The van der Waals surface area contributed by atoms with Gasteiger partial charge in [0.15, 0.2) is 5.41 Å². The third-order valence-electron chi connectivity index (χ3n) is 4.71. The Bertz CT molecular complexity index is 1150. The molecule has 2 aliphatic rings. The minimum absolute atomic E-state index is 0.156. The monoisotopic (exact) mass is 351 g/mol. The molecule has 2 aliphatic heterocycles. The summed E-state index contributed by atoms with van der Waals surface area (Å²) >= 11 is 0. The van der Waals surface area contributed by atoms with E-state index in [1.165, 1.54) is 4.90 Å². The van der Waals surface area contributed by atoms with E-state index in [-0.39, 0.29) is 22.9 Å². The summed E-state index contributed by atoms with van der Waals surface area (Å²) in [5.74, 6) is -1.07. The Morgan fingerprint density at radius 1 is 1.27 bits per heavy atom. The number of nitrogens with one attached hydrogen (secondary N) is 2. The van der Waals surface area contributed by atoms with Gasteiger partial charge in [0.05, 0.1) is 0 Å². The van der Waals surface area contributed by atoms with E-state index in [2.05, 4.69) is 9.97 Å². The van der Waals surface area contributed by atoms with E-state index in [4.69, 9.17) is 10.5 Å². The van der Waals surface area contributed by atoms with Crippen LogP contribution in [-0.2, 0) is 10.2 Å². The molecular formula is C17H13N5O4. The Hall–Kier alpha value is -3.80. The van der Waals surface area contributed by atoms with Crippen molar-refractivity contribution in [1.82, 2.24) is 9.97 Å². The van der Waals surface area contributed by atoms with Crippen LogP contribution in [0.1, 0.15) is 18.1 Å². The Kier molecular flexibility index (Phi) is 3.08. The number of nitrogens with zero attached hydrogens (tertiary/aromatic N) is 2. The lowest BCUT2D eigenvalue weighted by Crippen LogP contribution is -2.50. The average molecular weight is 351 g/mol. The summed E-state index contributed by atoms with van der Waals surface area (Å²) in [6, 6.07) is 8.77. The normalized spacial score (nSPS) is 20.6. The predicted octanol–water partition coefficient (Wildman–Crippen LogP) is -0.198. The second-order valence-corrected chi connectivity index (χ2v) is 5.88. The van der Waals surface area contributed by atoms with Crippen LogP contribution in [0.5, 0.6) is 5.88 Å².